The third-order valence-corrected chi connectivity index (χ3v) is 5.12. The van der Waals surface area contributed by atoms with Crippen LogP contribution in [-0.2, 0) is 4.79 Å². The number of hydrogen-bond acceptors (Lipinski definition) is 6. The van der Waals surface area contributed by atoms with E-state index in [2.05, 4.69) is 10.3 Å². The van der Waals surface area contributed by atoms with Crippen molar-refractivity contribution in [1.82, 2.24) is 10.3 Å². The van der Waals surface area contributed by atoms with Crippen LogP contribution in [0.1, 0.15) is 29.8 Å². The zero-order valence-electron chi connectivity index (χ0n) is 13.2. The number of amides is 1. The molecule has 1 aliphatic heterocycles. The Labute approximate surface area is 147 Å². The van der Waals surface area contributed by atoms with Gasteiger partial charge in [-0.2, -0.15) is 0 Å². The fourth-order valence-corrected chi connectivity index (χ4v) is 3.48. The highest BCUT2D eigenvalue weighted by atomic mass is 32.1. The van der Waals surface area contributed by atoms with Gasteiger partial charge in [-0.05, 0) is 30.5 Å². The second-order valence-electron chi connectivity index (χ2n) is 6.15. The Morgan fingerprint density at radius 2 is 2.12 bits per heavy atom. The Hall–Kier alpha value is -2.61. The summed E-state index contributed by atoms with van der Waals surface area (Å²) in [5, 5.41) is 14.1. The summed E-state index contributed by atoms with van der Waals surface area (Å²) in [6.45, 7) is 0.196. The van der Waals surface area contributed by atoms with Crippen LogP contribution in [-0.4, -0.2) is 34.8 Å². The van der Waals surface area contributed by atoms with E-state index in [4.69, 9.17) is 9.47 Å². The number of thiazole rings is 1. The van der Waals surface area contributed by atoms with Gasteiger partial charge in [-0.3, -0.25) is 4.79 Å². The lowest BCUT2D eigenvalue weighted by atomic mass is 10.1. The number of nitrogens with one attached hydrogen (secondary N) is 1. The van der Waals surface area contributed by atoms with E-state index in [1.165, 1.54) is 11.3 Å². The van der Waals surface area contributed by atoms with Crippen molar-refractivity contribution in [2.75, 3.05) is 6.79 Å². The second kappa shape index (κ2) is 6.36. The first kappa shape index (κ1) is 15.9. The molecule has 2 aliphatic rings. The van der Waals surface area contributed by atoms with E-state index >= 15 is 0 Å². The van der Waals surface area contributed by atoms with Gasteiger partial charge < -0.3 is 19.9 Å². The Bertz CT molecular complexity index is 830. The SMILES string of the molecule is O=C(NC(CC1CC1)C(=O)O)c1csc(-c2ccc3c(c2)OCO3)n1. The molecule has 2 aromatic rings. The van der Waals surface area contributed by atoms with Crippen molar-refractivity contribution in [3.8, 4) is 22.1 Å². The minimum Gasteiger partial charge on any atom is -0.480 e. The largest absolute Gasteiger partial charge is 0.480 e. The molecule has 130 valence electrons. The van der Waals surface area contributed by atoms with E-state index in [-0.39, 0.29) is 12.5 Å². The number of carboxylic acid groups (broad SMARTS) is 1. The van der Waals surface area contributed by atoms with Crippen molar-refractivity contribution in [2.24, 2.45) is 5.92 Å². The van der Waals surface area contributed by atoms with Crippen molar-refractivity contribution in [3.63, 3.8) is 0 Å². The number of nitrogens with zero attached hydrogens (tertiary/aromatic N) is 1. The maximum absolute atomic E-state index is 12.3. The Morgan fingerprint density at radius 3 is 2.88 bits per heavy atom. The summed E-state index contributed by atoms with van der Waals surface area (Å²) in [6.07, 6.45) is 2.54. The van der Waals surface area contributed by atoms with Crippen LogP contribution in [0, 0.1) is 5.92 Å². The first-order valence-electron chi connectivity index (χ1n) is 7.99. The van der Waals surface area contributed by atoms with Gasteiger partial charge in [0.1, 0.15) is 16.7 Å². The lowest BCUT2D eigenvalue weighted by Crippen LogP contribution is -2.41. The number of carboxylic acids is 1. The summed E-state index contributed by atoms with van der Waals surface area (Å²) in [5.41, 5.74) is 1.04. The molecule has 1 amide bonds. The zero-order valence-corrected chi connectivity index (χ0v) is 14.0. The molecule has 25 heavy (non-hydrogen) atoms. The Balaban J connectivity index is 1.48. The maximum atomic E-state index is 12.3. The first-order valence-corrected chi connectivity index (χ1v) is 8.87. The summed E-state index contributed by atoms with van der Waals surface area (Å²) in [6, 6.07) is 4.60. The average molecular weight is 360 g/mol. The fourth-order valence-electron chi connectivity index (χ4n) is 2.68. The highest BCUT2D eigenvalue weighted by Crippen LogP contribution is 2.37. The van der Waals surface area contributed by atoms with E-state index in [0.29, 0.717) is 28.8 Å². The normalized spacial score (nSPS) is 16.5. The van der Waals surface area contributed by atoms with Gasteiger partial charge in [0.05, 0.1) is 0 Å². The van der Waals surface area contributed by atoms with Crippen molar-refractivity contribution < 1.29 is 24.2 Å². The first-order chi connectivity index (χ1) is 12.1. The molecule has 7 nitrogen and oxygen atoms in total. The van der Waals surface area contributed by atoms with E-state index in [1.807, 2.05) is 12.1 Å². The number of carbonyl (C=O) groups is 2. The summed E-state index contributed by atoms with van der Waals surface area (Å²) in [5.74, 6) is 0.264. The van der Waals surface area contributed by atoms with Crippen LogP contribution in [0.4, 0.5) is 0 Å². The third-order valence-electron chi connectivity index (χ3n) is 4.23. The highest BCUT2D eigenvalue weighted by Gasteiger charge is 2.30. The predicted molar refractivity (Wildman–Crippen MR) is 89.9 cm³/mol. The van der Waals surface area contributed by atoms with Crippen LogP contribution >= 0.6 is 11.3 Å². The van der Waals surface area contributed by atoms with Crippen LogP contribution in [0.3, 0.4) is 0 Å². The molecular formula is C17H16N2O5S. The van der Waals surface area contributed by atoms with Gasteiger partial charge in [0.2, 0.25) is 6.79 Å². The zero-order chi connectivity index (χ0) is 17.4. The van der Waals surface area contributed by atoms with Crippen LogP contribution in [0.5, 0.6) is 11.5 Å². The quantitative estimate of drug-likeness (QED) is 0.821. The molecule has 8 heteroatoms. The Kier molecular flexibility index (Phi) is 4.04. The minimum atomic E-state index is -1.01. The number of aromatic nitrogens is 1. The van der Waals surface area contributed by atoms with Crippen molar-refractivity contribution in [3.05, 3.63) is 29.3 Å². The molecule has 1 aromatic carbocycles. The fraction of sp³-hybridized carbons (Fsp3) is 0.353. The molecule has 2 heterocycles. The lowest BCUT2D eigenvalue weighted by Gasteiger charge is -2.12. The van der Waals surface area contributed by atoms with Gasteiger partial charge in [-0.15, -0.1) is 11.3 Å². The van der Waals surface area contributed by atoms with Crippen LogP contribution in [0.25, 0.3) is 10.6 Å². The highest BCUT2D eigenvalue weighted by molar-refractivity contribution is 7.13. The molecule has 1 unspecified atom stereocenters. The van der Waals surface area contributed by atoms with Crippen molar-refractivity contribution in [1.29, 1.82) is 0 Å². The molecule has 1 aromatic heterocycles. The molecule has 0 saturated heterocycles. The molecule has 1 atom stereocenters. The number of aliphatic carboxylic acids is 1. The smallest absolute Gasteiger partial charge is 0.326 e. The van der Waals surface area contributed by atoms with Gasteiger partial charge in [-0.25, -0.2) is 9.78 Å². The predicted octanol–water partition coefficient (Wildman–Crippen LogP) is 2.52. The molecule has 2 N–H and O–H groups in total. The summed E-state index contributed by atoms with van der Waals surface area (Å²) >= 11 is 1.32. The molecule has 4 rings (SSSR count). The van der Waals surface area contributed by atoms with E-state index in [0.717, 1.165) is 18.4 Å². The topological polar surface area (TPSA) is 97.8 Å². The van der Waals surface area contributed by atoms with Crippen LogP contribution < -0.4 is 14.8 Å². The monoisotopic (exact) mass is 360 g/mol. The Morgan fingerprint density at radius 1 is 1.32 bits per heavy atom. The summed E-state index contributed by atoms with van der Waals surface area (Å²) < 4.78 is 10.6. The molecule has 1 aliphatic carbocycles. The van der Waals surface area contributed by atoms with E-state index < -0.39 is 17.9 Å². The lowest BCUT2D eigenvalue weighted by molar-refractivity contribution is -0.139. The number of rotatable bonds is 6. The van der Waals surface area contributed by atoms with Crippen molar-refractivity contribution in [2.45, 2.75) is 25.3 Å². The number of hydrogen-bond donors (Lipinski definition) is 2. The van der Waals surface area contributed by atoms with Gasteiger partial charge in [0.25, 0.3) is 5.91 Å². The van der Waals surface area contributed by atoms with Gasteiger partial charge in [0, 0.05) is 10.9 Å². The standard InChI is InChI=1S/C17H16N2O5S/c20-15(18-11(17(21)22)5-9-1-2-9)12-7-25-16(19-12)10-3-4-13-14(6-10)24-8-23-13/h3-4,6-7,9,11H,1-2,5,8H2,(H,18,20)(H,21,22). The molecule has 0 radical (unpaired) electrons. The second-order valence-corrected chi connectivity index (χ2v) is 7.01. The number of fused-ring (bicyclic) bond motifs is 1. The number of ether oxygens (including phenoxy) is 2. The minimum absolute atomic E-state index is 0.196. The molecule has 0 bridgehead atoms. The van der Waals surface area contributed by atoms with Crippen molar-refractivity contribution >= 4 is 23.2 Å². The molecule has 1 saturated carbocycles. The van der Waals surface area contributed by atoms with Gasteiger partial charge >= 0.3 is 5.97 Å². The summed E-state index contributed by atoms with van der Waals surface area (Å²) in [4.78, 5) is 28.0. The third kappa shape index (κ3) is 3.43. The van der Waals surface area contributed by atoms with Gasteiger partial charge in [0.15, 0.2) is 11.5 Å². The van der Waals surface area contributed by atoms with E-state index in [9.17, 15) is 14.7 Å². The summed E-state index contributed by atoms with van der Waals surface area (Å²) in [7, 11) is 0. The van der Waals surface area contributed by atoms with Gasteiger partial charge in [-0.1, -0.05) is 12.8 Å². The number of carbonyl (C=O) groups excluding carboxylic acids is 1. The van der Waals surface area contributed by atoms with Crippen LogP contribution in [0.2, 0.25) is 0 Å². The number of benzene rings is 1. The maximum Gasteiger partial charge on any atom is 0.326 e. The molecular weight excluding hydrogens is 344 g/mol. The molecule has 0 spiro atoms. The van der Waals surface area contributed by atoms with E-state index in [1.54, 1.807) is 11.4 Å². The molecule has 1 fully saturated rings. The average Bonchev–Trinajstić information content (AvgIpc) is 3.11. The van der Waals surface area contributed by atoms with Crippen LogP contribution in [0.15, 0.2) is 23.6 Å².